The molecule has 1 heterocycles. The van der Waals surface area contributed by atoms with Gasteiger partial charge in [-0.15, -0.1) is 0 Å². The Bertz CT molecular complexity index is 782. The molecule has 128 valence electrons. The summed E-state index contributed by atoms with van der Waals surface area (Å²) in [5.74, 6) is -1.97. The summed E-state index contributed by atoms with van der Waals surface area (Å²) in [5, 5.41) is 15.1. The van der Waals surface area contributed by atoms with Crippen molar-refractivity contribution >= 4 is 11.9 Å². The van der Waals surface area contributed by atoms with Crippen LogP contribution in [0.15, 0.2) is 36.5 Å². The summed E-state index contributed by atoms with van der Waals surface area (Å²) >= 11 is 0. The molecule has 6 nitrogen and oxygen atoms in total. The van der Waals surface area contributed by atoms with E-state index in [0.29, 0.717) is 0 Å². The second kappa shape index (κ2) is 5.99. The number of alkyl halides is 3. The van der Waals surface area contributed by atoms with Gasteiger partial charge in [0.05, 0.1) is 11.3 Å². The number of nitrogens with zero attached hydrogens (tertiary/aromatic N) is 2. The summed E-state index contributed by atoms with van der Waals surface area (Å²) in [7, 11) is 0. The fourth-order valence-electron chi connectivity index (χ4n) is 1.81. The van der Waals surface area contributed by atoms with Crippen LogP contribution in [0.3, 0.4) is 0 Å². The van der Waals surface area contributed by atoms with E-state index in [4.69, 9.17) is 5.11 Å². The highest BCUT2D eigenvalue weighted by Gasteiger charge is 2.31. The van der Waals surface area contributed by atoms with Crippen LogP contribution >= 0.6 is 0 Å². The standard InChI is InChI=1S/C15H14F3N3O3/c1-14(2,13(23)24)19-12(22)11-6-7-21(20-11)10-5-3-4-9(8-10)15(16,17)18/h3-8H,1-2H3,(H,19,22)(H,23,24). The summed E-state index contributed by atoms with van der Waals surface area (Å²) in [6.07, 6.45) is -3.17. The SMILES string of the molecule is CC(C)(NC(=O)c1ccn(-c2cccc(C(F)(F)F)c2)n1)C(=O)O. The molecule has 0 radical (unpaired) electrons. The quantitative estimate of drug-likeness (QED) is 0.895. The van der Waals surface area contributed by atoms with Gasteiger partial charge in [0.1, 0.15) is 5.54 Å². The molecule has 1 amide bonds. The van der Waals surface area contributed by atoms with Crippen molar-refractivity contribution in [3.8, 4) is 5.69 Å². The number of rotatable bonds is 4. The van der Waals surface area contributed by atoms with E-state index in [1.807, 2.05) is 0 Å². The average molecular weight is 341 g/mol. The van der Waals surface area contributed by atoms with Gasteiger partial charge in [-0.05, 0) is 38.1 Å². The van der Waals surface area contributed by atoms with Gasteiger partial charge in [-0.2, -0.15) is 18.3 Å². The first-order valence-corrected chi connectivity index (χ1v) is 6.80. The van der Waals surface area contributed by atoms with Gasteiger partial charge < -0.3 is 10.4 Å². The van der Waals surface area contributed by atoms with E-state index >= 15 is 0 Å². The van der Waals surface area contributed by atoms with Gasteiger partial charge in [0.2, 0.25) is 0 Å². The third-order valence-electron chi connectivity index (χ3n) is 3.22. The van der Waals surface area contributed by atoms with E-state index in [0.717, 1.165) is 16.8 Å². The number of carboxylic acid groups (broad SMARTS) is 1. The summed E-state index contributed by atoms with van der Waals surface area (Å²) in [6, 6.07) is 5.75. The number of aliphatic carboxylic acids is 1. The molecular formula is C15H14F3N3O3. The summed E-state index contributed by atoms with van der Waals surface area (Å²) in [6.45, 7) is 2.61. The van der Waals surface area contributed by atoms with Crippen LogP contribution in [0.25, 0.3) is 5.69 Å². The number of halogens is 3. The van der Waals surface area contributed by atoms with E-state index in [-0.39, 0.29) is 11.4 Å². The van der Waals surface area contributed by atoms with Crippen LogP contribution in [-0.4, -0.2) is 32.3 Å². The highest BCUT2D eigenvalue weighted by Crippen LogP contribution is 2.30. The molecule has 2 aromatic rings. The lowest BCUT2D eigenvalue weighted by Gasteiger charge is -2.20. The minimum atomic E-state index is -4.49. The van der Waals surface area contributed by atoms with Crippen LogP contribution in [0.5, 0.6) is 0 Å². The molecule has 0 atom stereocenters. The lowest BCUT2D eigenvalue weighted by atomic mass is 10.1. The Labute approximate surface area is 134 Å². The first-order chi connectivity index (χ1) is 11.0. The van der Waals surface area contributed by atoms with Gasteiger partial charge in [-0.25, -0.2) is 9.48 Å². The van der Waals surface area contributed by atoms with Crippen molar-refractivity contribution in [1.29, 1.82) is 0 Å². The minimum absolute atomic E-state index is 0.110. The highest BCUT2D eigenvalue weighted by molar-refractivity contribution is 5.96. The lowest BCUT2D eigenvalue weighted by molar-refractivity contribution is -0.143. The Morgan fingerprint density at radius 3 is 2.46 bits per heavy atom. The maximum absolute atomic E-state index is 12.7. The Balaban J connectivity index is 2.25. The summed E-state index contributed by atoms with van der Waals surface area (Å²) in [5.41, 5.74) is -2.33. The number of carbonyl (C=O) groups excluding carboxylic acids is 1. The van der Waals surface area contributed by atoms with Gasteiger partial charge in [0, 0.05) is 6.20 Å². The Hall–Kier alpha value is -2.84. The molecule has 0 saturated carbocycles. The van der Waals surface area contributed by atoms with Crippen molar-refractivity contribution < 1.29 is 27.9 Å². The van der Waals surface area contributed by atoms with Gasteiger partial charge in [0.15, 0.2) is 5.69 Å². The predicted octanol–water partition coefficient (Wildman–Crippen LogP) is 2.48. The Morgan fingerprint density at radius 1 is 1.21 bits per heavy atom. The number of aromatic nitrogens is 2. The number of nitrogens with one attached hydrogen (secondary N) is 1. The number of benzene rings is 1. The first-order valence-electron chi connectivity index (χ1n) is 6.80. The highest BCUT2D eigenvalue weighted by atomic mass is 19.4. The van der Waals surface area contributed by atoms with Crippen LogP contribution in [0, 0.1) is 0 Å². The third kappa shape index (κ3) is 3.73. The monoisotopic (exact) mass is 341 g/mol. The molecule has 0 unspecified atom stereocenters. The van der Waals surface area contributed by atoms with Crippen LogP contribution < -0.4 is 5.32 Å². The average Bonchev–Trinajstić information content (AvgIpc) is 2.96. The molecule has 0 aliphatic heterocycles. The van der Waals surface area contributed by atoms with Gasteiger partial charge in [0.25, 0.3) is 5.91 Å². The smallest absolute Gasteiger partial charge is 0.416 e. The predicted molar refractivity (Wildman–Crippen MR) is 77.7 cm³/mol. The molecular weight excluding hydrogens is 327 g/mol. The van der Waals surface area contributed by atoms with E-state index in [1.165, 1.54) is 38.2 Å². The van der Waals surface area contributed by atoms with E-state index in [2.05, 4.69) is 10.4 Å². The molecule has 0 spiro atoms. The molecule has 24 heavy (non-hydrogen) atoms. The first kappa shape index (κ1) is 17.5. The van der Waals surface area contributed by atoms with Crippen molar-refractivity contribution in [2.24, 2.45) is 0 Å². The molecule has 0 fully saturated rings. The molecule has 0 bridgehead atoms. The van der Waals surface area contributed by atoms with Crippen LogP contribution in [-0.2, 0) is 11.0 Å². The van der Waals surface area contributed by atoms with Gasteiger partial charge >= 0.3 is 12.1 Å². The number of hydrogen-bond donors (Lipinski definition) is 2. The second-order valence-corrected chi connectivity index (χ2v) is 5.58. The maximum atomic E-state index is 12.7. The van der Waals surface area contributed by atoms with Gasteiger partial charge in [-0.3, -0.25) is 4.79 Å². The van der Waals surface area contributed by atoms with E-state index in [9.17, 15) is 22.8 Å². The maximum Gasteiger partial charge on any atom is 0.416 e. The Kier molecular flexibility index (Phi) is 4.37. The summed E-state index contributed by atoms with van der Waals surface area (Å²) in [4.78, 5) is 23.0. The number of carboxylic acids is 1. The zero-order valence-electron chi connectivity index (χ0n) is 12.8. The van der Waals surface area contributed by atoms with Crippen molar-refractivity contribution in [3.05, 3.63) is 47.8 Å². The van der Waals surface area contributed by atoms with Crippen molar-refractivity contribution in [1.82, 2.24) is 15.1 Å². The molecule has 0 aliphatic rings. The Morgan fingerprint density at radius 2 is 1.88 bits per heavy atom. The van der Waals surface area contributed by atoms with Crippen LogP contribution in [0.1, 0.15) is 29.9 Å². The number of hydrogen-bond acceptors (Lipinski definition) is 3. The molecule has 1 aromatic heterocycles. The van der Waals surface area contributed by atoms with Crippen molar-refractivity contribution in [2.75, 3.05) is 0 Å². The van der Waals surface area contributed by atoms with Gasteiger partial charge in [-0.1, -0.05) is 6.07 Å². The molecule has 0 aliphatic carbocycles. The molecule has 2 N–H and O–H groups in total. The van der Waals surface area contributed by atoms with Crippen LogP contribution in [0.4, 0.5) is 13.2 Å². The third-order valence-corrected chi connectivity index (χ3v) is 3.22. The fourth-order valence-corrected chi connectivity index (χ4v) is 1.81. The summed E-state index contributed by atoms with van der Waals surface area (Å²) < 4.78 is 39.3. The van der Waals surface area contributed by atoms with E-state index in [1.54, 1.807) is 0 Å². The minimum Gasteiger partial charge on any atom is -0.480 e. The molecule has 0 saturated heterocycles. The van der Waals surface area contributed by atoms with Crippen LogP contribution in [0.2, 0.25) is 0 Å². The van der Waals surface area contributed by atoms with E-state index < -0.39 is 29.2 Å². The van der Waals surface area contributed by atoms with Crippen molar-refractivity contribution in [2.45, 2.75) is 25.6 Å². The fraction of sp³-hybridized carbons (Fsp3) is 0.267. The second-order valence-electron chi connectivity index (χ2n) is 5.58. The zero-order chi connectivity index (χ0) is 18.1. The number of amides is 1. The molecule has 9 heteroatoms. The number of carbonyl (C=O) groups is 2. The zero-order valence-corrected chi connectivity index (χ0v) is 12.8. The largest absolute Gasteiger partial charge is 0.480 e. The molecule has 2 rings (SSSR count). The topological polar surface area (TPSA) is 84.2 Å². The normalized spacial score (nSPS) is 12.0. The van der Waals surface area contributed by atoms with Crippen molar-refractivity contribution in [3.63, 3.8) is 0 Å². The lowest BCUT2D eigenvalue weighted by Crippen LogP contribution is -2.49. The molecule has 1 aromatic carbocycles.